The van der Waals surface area contributed by atoms with E-state index in [9.17, 15) is 0 Å². The van der Waals surface area contributed by atoms with E-state index < -0.39 is 15.6 Å². The Balaban J connectivity index is -0.000000875. The minimum Gasteiger partial charge on any atom is -0.790 e. The van der Waals surface area contributed by atoms with Crippen LogP contribution in [0.25, 0.3) is 0 Å². The zero-order valence-electron chi connectivity index (χ0n) is 70.5. The van der Waals surface area contributed by atoms with Gasteiger partial charge in [0, 0.05) is 0 Å². The van der Waals surface area contributed by atoms with Gasteiger partial charge in [0.1, 0.15) is 0 Å². The van der Waals surface area contributed by atoms with Gasteiger partial charge in [-0.2, -0.15) is 0 Å². The van der Waals surface area contributed by atoms with Crippen LogP contribution in [0.5, 0.6) is 0 Å². The van der Waals surface area contributed by atoms with Crippen LogP contribution < -0.4 is 20.0 Å². The van der Waals surface area contributed by atoms with Gasteiger partial charge in [-0.3, -0.25) is 0 Å². The Bertz CT molecular complexity index is 1360. The average Bonchev–Trinajstić information content (AvgIpc) is 2.14. The molecule has 0 amide bonds. The molecule has 0 aromatic carbocycles. The van der Waals surface area contributed by atoms with Gasteiger partial charge in [0.2, 0.25) is 0 Å². The fraction of sp³-hybridized carbons (Fsp3) is 1.00. The van der Waals surface area contributed by atoms with Crippen molar-refractivity contribution in [3.63, 3.8) is 0 Å². The van der Waals surface area contributed by atoms with Crippen molar-refractivity contribution in [1.82, 2.24) is 0 Å². The fourth-order valence-electron chi connectivity index (χ4n) is 15.0. The SMILES string of the molecule is CCCCCCCCCCCCCCCCCC[NH+](CCCCCCCCCCCCCCCCCC)CCCCCCCCCCCCCCCCCC.CCCCCCCCCCCCCCCCCC[NH2+]CCCCCCCCCCCCCCCCCC.O=P(O)(O)O.O=P([O-])([O-])O. The molecule has 0 saturated carbocycles. The molecule has 0 bridgehead atoms. The highest BCUT2D eigenvalue weighted by Gasteiger charge is 2.09. The number of nitrogens with two attached hydrogens (primary N) is 1. The molecule has 7 N–H and O–H groups in total. The summed E-state index contributed by atoms with van der Waals surface area (Å²) in [5, 5.41) is 2.59. The van der Waals surface area contributed by atoms with E-state index >= 15 is 0 Å². The van der Waals surface area contributed by atoms with Gasteiger partial charge < -0.3 is 44.1 Å². The van der Waals surface area contributed by atoms with Crippen LogP contribution in [0.3, 0.4) is 0 Å². The second kappa shape index (κ2) is 99.1. The molecular weight excluding hydrogens is 1300 g/mol. The molecule has 0 aliphatic heterocycles. The van der Waals surface area contributed by atoms with E-state index in [-0.39, 0.29) is 0 Å². The van der Waals surface area contributed by atoms with Gasteiger partial charge in [-0.25, -0.2) is 4.57 Å². The highest BCUT2D eigenvalue weighted by Crippen LogP contribution is 2.26. The summed E-state index contributed by atoms with van der Waals surface area (Å²) in [4.78, 5) is 47.8. The summed E-state index contributed by atoms with van der Waals surface area (Å²) >= 11 is 0. The lowest BCUT2D eigenvalue weighted by molar-refractivity contribution is -0.900. The number of phosphoric acid groups is 2. The number of rotatable bonds is 85. The molecule has 12 heteroatoms. The van der Waals surface area contributed by atoms with Crippen LogP contribution >= 0.6 is 15.6 Å². The Morgan fingerprint density at radius 3 is 0.392 bits per heavy atom. The maximum absolute atomic E-state index is 8.88. The van der Waals surface area contributed by atoms with Gasteiger partial charge in [0.05, 0.1) is 40.5 Å². The van der Waals surface area contributed by atoms with Crippen molar-refractivity contribution in [2.24, 2.45) is 0 Å². The standard InChI is InChI=1S/C54H111N.C36H75N.2H3O4P/c1-4-7-10-13-16-19-22-25-28-31-34-37-40-43-46-49-52-55(53-50-47-44-41-38-35-32-29-26-23-20-17-14-11-8-5-2)54-51-48-45-42-39-36-33-30-27-24-21-18-15-12-9-6-3;1-3-5-7-9-11-13-15-17-19-21-23-25-27-29-31-33-35-37-36-34-32-30-28-26-24-22-20-18-16-14-12-10-8-6-4-2;2*1-5(2,3)4/h4-54H2,1-3H3;37H,3-36H2,1-2H3;2*(H3,1,2,3,4). The van der Waals surface area contributed by atoms with E-state index in [2.05, 4.69) is 39.9 Å². The van der Waals surface area contributed by atoms with E-state index in [1.807, 2.05) is 4.90 Å². The van der Waals surface area contributed by atoms with Gasteiger partial charge >= 0.3 is 7.82 Å². The summed E-state index contributed by atoms with van der Waals surface area (Å²) in [5.41, 5.74) is 0. The van der Waals surface area contributed by atoms with Crippen LogP contribution in [-0.2, 0) is 9.13 Å². The van der Waals surface area contributed by atoms with Crippen molar-refractivity contribution in [1.29, 1.82) is 0 Å². The lowest BCUT2D eigenvalue weighted by Gasteiger charge is -2.20. The highest BCUT2D eigenvalue weighted by molar-refractivity contribution is 7.45. The predicted octanol–water partition coefficient (Wildman–Crippen LogP) is 27.6. The Labute approximate surface area is 641 Å². The molecule has 0 aromatic rings. The third kappa shape index (κ3) is 127. The average molecular weight is 1490 g/mol. The monoisotopic (exact) mass is 1490 g/mol. The topological polar surface area (TPSA) is 182 Å². The van der Waals surface area contributed by atoms with E-state index in [4.69, 9.17) is 38.5 Å². The molecule has 0 aliphatic carbocycles. The first-order valence-electron chi connectivity index (χ1n) is 46.9. The molecular formula is C90H192N2O8P2. The van der Waals surface area contributed by atoms with Crippen molar-refractivity contribution < 1.29 is 48.7 Å². The predicted molar refractivity (Wildman–Crippen MR) is 449 cm³/mol. The number of quaternary nitrogens is 2. The zero-order chi connectivity index (χ0) is 75.4. The normalized spacial score (nSPS) is 11.7. The molecule has 0 aromatic heterocycles. The van der Waals surface area contributed by atoms with Crippen LogP contribution in [0.1, 0.15) is 548 Å². The molecule has 0 unspecified atom stereocenters. The molecule has 102 heavy (non-hydrogen) atoms. The van der Waals surface area contributed by atoms with Crippen molar-refractivity contribution in [2.75, 3.05) is 32.7 Å². The third-order valence-corrected chi connectivity index (χ3v) is 21.7. The van der Waals surface area contributed by atoms with Crippen molar-refractivity contribution in [3.05, 3.63) is 0 Å². The Morgan fingerprint density at radius 2 is 0.284 bits per heavy atom. The van der Waals surface area contributed by atoms with Crippen LogP contribution in [0, 0.1) is 0 Å². The molecule has 0 rings (SSSR count). The molecule has 0 radical (unpaired) electrons. The van der Waals surface area contributed by atoms with Crippen molar-refractivity contribution >= 4 is 15.6 Å². The van der Waals surface area contributed by atoms with Gasteiger partial charge in [0.15, 0.2) is 0 Å². The van der Waals surface area contributed by atoms with Gasteiger partial charge in [-0.15, -0.1) is 0 Å². The Kier molecular flexibility index (Phi) is 105. The van der Waals surface area contributed by atoms with Crippen molar-refractivity contribution in [3.8, 4) is 0 Å². The van der Waals surface area contributed by atoms with E-state index in [0.29, 0.717) is 0 Å². The van der Waals surface area contributed by atoms with E-state index in [1.54, 1.807) is 0 Å². The first-order chi connectivity index (χ1) is 49.8. The smallest absolute Gasteiger partial charge is 0.466 e. The second-order valence-electron chi connectivity index (χ2n) is 32.4. The molecule has 0 spiro atoms. The first kappa shape index (κ1) is 108. The number of hydrogen-bond acceptors (Lipinski definition) is 4. The fourth-order valence-corrected chi connectivity index (χ4v) is 15.0. The van der Waals surface area contributed by atoms with Crippen LogP contribution in [0.4, 0.5) is 0 Å². The maximum Gasteiger partial charge on any atom is 0.466 e. The molecule has 0 fully saturated rings. The molecule has 0 atom stereocenters. The van der Waals surface area contributed by atoms with Crippen molar-refractivity contribution in [2.45, 2.75) is 548 Å². The largest absolute Gasteiger partial charge is 0.790 e. The number of hydrogen-bond donors (Lipinski definition) is 6. The van der Waals surface area contributed by atoms with Crippen LogP contribution in [0.15, 0.2) is 0 Å². The van der Waals surface area contributed by atoms with E-state index in [1.165, 1.54) is 546 Å². The molecule has 0 aliphatic rings. The van der Waals surface area contributed by atoms with Crippen LogP contribution in [0.2, 0.25) is 0 Å². The Morgan fingerprint density at radius 1 is 0.196 bits per heavy atom. The summed E-state index contributed by atoms with van der Waals surface area (Å²) in [7, 11) is -9.78. The van der Waals surface area contributed by atoms with Crippen LogP contribution in [-0.4, -0.2) is 52.3 Å². The summed E-state index contributed by atoms with van der Waals surface area (Å²) in [6.45, 7) is 18.7. The summed E-state index contributed by atoms with van der Waals surface area (Å²) in [5.74, 6) is 0. The summed E-state index contributed by atoms with van der Waals surface area (Å²) in [6, 6.07) is 0. The van der Waals surface area contributed by atoms with Gasteiger partial charge in [-0.1, -0.05) is 484 Å². The molecule has 10 nitrogen and oxygen atoms in total. The second-order valence-corrected chi connectivity index (χ2v) is 34.3. The quantitative estimate of drug-likeness (QED) is 0.0257. The molecule has 0 saturated heterocycles. The lowest BCUT2D eigenvalue weighted by atomic mass is 10.0. The molecule has 620 valence electrons. The van der Waals surface area contributed by atoms with Gasteiger partial charge in [-0.05, 0) is 64.2 Å². The Hall–Kier alpha value is 0.140. The lowest BCUT2D eigenvalue weighted by Crippen LogP contribution is -3.12. The molecule has 0 heterocycles. The minimum absolute atomic E-state index is 1.37. The van der Waals surface area contributed by atoms with Gasteiger partial charge in [0.25, 0.3) is 0 Å². The zero-order valence-corrected chi connectivity index (χ0v) is 72.3. The summed E-state index contributed by atoms with van der Waals surface area (Å²) in [6.07, 6.45) is 118. The maximum atomic E-state index is 8.88. The minimum atomic E-state index is -5.14. The highest BCUT2D eigenvalue weighted by atomic mass is 31.2. The number of unbranched alkanes of at least 4 members (excludes halogenated alkanes) is 75. The summed E-state index contributed by atoms with van der Waals surface area (Å²) < 4.78 is 17.5. The first-order valence-corrected chi connectivity index (χ1v) is 50.0. The van der Waals surface area contributed by atoms with E-state index in [0.717, 1.165) is 0 Å². The third-order valence-electron chi connectivity index (χ3n) is 21.7. The number of nitrogens with one attached hydrogen (secondary N) is 1.